The maximum absolute atomic E-state index is 12.1. The van der Waals surface area contributed by atoms with Crippen molar-refractivity contribution in [1.82, 2.24) is 4.72 Å². The lowest BCUT2D eigenvalue weighted by atomic mass is 10.0. The average molecular weight is 277 g/mol. The first-order valence-electron chi connectivity index (χ1n) is 5.27. The zero-order valence-corrected chi connectivity index (χ0v) is 11.7. The number of hydrogen-bond donors (Lipinski definition) is 2. The standard InChI is InChI=1S/C11H17ClN2O2S/c1-4-11(2,3)14-17(15,16)8-5-6-10(13)9(12)7-8/h5-7,14H,4,13H2,1-3H3. The lowest BCUT2D eigenvalue weighted by Gasteiger charge is -2.24. The lowest BCUT2D eigenvalue weighted by Crippen LogP contribution is -2.42. The van der Waals surface area contributed by atoms with Crippen LogP contribution in [0, 0.1) is 0 Å². The summed E-state index contributed by atoms with van der Waals surface area (Å²) < 4.78 is 26.7. The Morgan fingerprint density at radius 3 is 2.47 bits per heavy atom. The maximum Gasteiger partial charge on any atom is 0.241 e. The zero-order chi connectivity index (χ0) is 13.3. The van der Waals surface area contributed by atoms with Crippen molar-refractivity contribution >= 4 is 27.3 Å². The molecule has 0 amide bonds. The van der Waals surface area contributed by atoms with Crippen molar-refractivity contribution in [3.05, 3.63) is 23.2 Å². The molecule has 0 aliphatic rings. The minimum absolute atomic E-state index is 0.123. The number of nitrogens with two attached hydrogens (primary N) is 1. The Hall–Kier alpha value is -0.780. The predicted octanol–water partition coefficient (Wildman–Crippen LogP) is 2.39. The summed E-state index contributed by atoms with van der Waals surface area (Å²) in [5.74, 6) is 0. The van der Waals surface area contributed by atoms with Crippen LogP contribution in [0.1, 0.15) is 27.2 Å². The smallest absolute Gasteiger partial charge is 0.241 e. The van der Waals surface area contributed by atoms with E-state index in [4.69, 9.17) is 17.3 Å². The Morgan fingerprint density at radius 2 is 2.00 bits per heavy atom. The molecule has 17 heavy (non-hydrogen) atoms. The van der Waals surface area contributed by atoms with Crippen molar-refractivity contribution in [2.75, 3.05) is 5.73 Å². The topological polar surface area (TPSA) is 72.2 Å². The summed E-state index contributed by atoms with van der Waals surface area (Å²) in [6.45, 7) is 5.56. The highest BCUT2D eigenvalue weighted by Crippen LogP contribution is 2.23. The van der Waals surface area contributed by atoms with E-state index in [0.717, 1.165) is 0 Å². The molecule has 0 aliphatic carbocycles. The quantitative estimate of drug-likeness (QED) is 0.830. The van der Waals surface area contributed by atoms with Gasteiger partial charge in [-0.15, -0.1) is 0 Å². The Kier molecular flexibility index (Phi) is 4.06. The summed E-state index contributed by atoms with van der Waals surface area (Å²) in [6, 6.07) is 4.27. The summed E-state index contributed by atoms with van der Waals surface area (Å²) in [7, 11) is -3.56. The molecule has 0 heterocycles. The number of nitrogen functional groups attached to an aromatic ring is 1. The number of sulfonamides is 1. The van der Waals surface area contributed by atoms with Crippen molar-refractivity contribution < 1.29 is 8.42 Å². The van der Waals surface area contributed by atoms with Crippen LogP contribution >= 0.6 is 11.6 Å². The highest BCUT2D eigenvalue weighted by molar-refractivity contribution is 7.89. The normalized spacial score (nSPS) is 12.7. The molecular weight excluding hydrogens is 260 g/mol. The molecule has 0 aliphatic heterocycles. The highest BCUT2D eigenvalue weighted by atomic mass is 35.5. The first kappa shape index (κ1) is 14.3. The van der Waals surface area contributed by atoms with E-state index in [0.29, 0.717) is 12.1 Å². The SMILES string of the molecule is CCC(C)(C)NS(=O)(=O)c1ccc(N)c(Cl)c1. The minimum atomic E-state index is -3.56. The molecular formula is C11H17ClN2O2S. The number of hydrogen-bond acceptors (Lipinski definition) is 3. The summed E-state index contributed by atoms with van der Waals surface area (Å²) in [5.41, 5.74) is 5.41. The maximum atomic E-state index is 12.1. The van der Waals surface area contributed by atoms with E-state index in [9.17, 15) is 8.42 Å². The molecule has 96 valence electrons. The second-order valence-corrected chi connectivity index (χ2v) is 6.62. The van der Waals surface area contributed by atoms with Crippen molar-refractivity contribution in [3.63, 3.8) is 0 Å². The lowest BCUT2D eigenvalue weighted by molar-refractivity contribution is 0.439. The predicted molar refractivity (Wildman–Crippen MR) is 70.6 cm³/mol. The van der Waals surface area contributed by atoms with E-state index < -0.39 is 15.6 Å². The van der Waals surface area contributed by atoms with Crippen LogP contribution in [0.15, 0.2) is 23.1 Å². The molecule has 0 aromatic heterocycles. The van der Waals surface area contributed by atoms with Crippen LogP contribution in [0.3, 0.4) is 0 Å². The van der Waals surface area contributed by atoms with Gasteiger partial charge in [-0.2, -0.15) is 0 Å². The Bertz CT molecular complexity index is 512. The van der Waals surface area contributed by atoms with Crippen LogP contribution in [0.4, 0.5) is 5.69 Å². The Balaban J connectivity index is 3.10. The van der Waals surface area contributed by atoms with Crippen molar-refractivity contribution in [1.29, 1.82) is 0 Å². The average Bonchev–Trinajstić information content (AvgIpc) is 2.20. The first-order chi connectivity index (χ1) is 7.68. The zero-order valence-electron chi connectivity index (χ0n) is 10.1. The van der Waals surface area contributed by atoms with Gasteiger partial charge in [-0.3, -0.25) is 0 Å². The van der Waals surface area contributed by atoms with E-state index in [1.165, 1.54) is 18.2 Å². The summed E-state index contributed by atoms with van der Waals surface area (Å²) in [4.78, 5) is 0.123. The first-order valence-corrected chi connectivity index (χ1v) is 7.13. The van der Waals surface area contributed by atoms with Gasteiger partial charge >= 0.3 is 0 Å². The summed E-state index contributed by atoms with van der Waals surface area (Å²) in [6.07, 6.45) is 0.689. The van der Waals surface area contributed by atoms with Gasteiger partial charge in [0.25, 0.3) is 0 Å². The second kappa shape index (κ2) is 4.84. The van der Waals surface area contributed by atoms with Gasteiger partial charge < -0.3 is 5.73 Å². The van der Waals surface area contributed by atoms with Crippen LogP contribution in [0.2, 0.25) is 5.02 Å². The summed E-state index contributed by atoms with van der Waals surface area (Å²) in [5, 5.41) is 0.238. The third kappa shape index (κ3) is 3.59. The van der Waals surface area contributed by atoms with Crippen LogP contribution in [0.25, 0.3) is 0 Å². The van der Waals surface area contributed by atoms with E-state index in [1.54, 1.807) is 0 Å². The van der Waals surface area contributed by atoms with Crippen molar-refractivity contribution in [2.24, 2.45) is 0 Å². The monoisotopic (exact) mass is 276 g/mol. The van der Waals surface area contributed by atoms with Gasteiger partial charge in [-0.1, -0.05) is 18.5 Å². The highest BCUT2D eigenvalue weighted by Gasteiger charge is 2.24. The fourth-order valence-corrected chi connectivity index (χ4v) is 2.92. The molecule has 6 heteroatoms. The van der Waals surface area contributed by atoms with Gasteiger partial charge in [0.05, 0.1) is 15.6 Å². The molecule has 0 unspecified atom stereocenters. The molecule has 1 rings (SSSR count). The van der Waals surface area contributed by atoms with Gasteiger partial charge in [0.15, 0.2) is 0 Å². The van der Waals surface area contributed by atoms with E-state index >= 15 is 0 Å². The molecule has 0 radical (unpaired) electrons. The van der Waals surface area contributed by atoms with Crippen LogP contribution < -0.4 is 10.5 Å². The number of rotatable bonds is 4. The van der Waals surface area contributed by atoms with Gasteiger partial charge in [0.2, 0.25) is 10.0 Å². The molecule has 0 fully saturated rings. The van der Waals surface area contributed by atoms with Crippen molar-refractivity contribution in [2.45, 2.75) is 37.6 Å². The van der Waals surface area contributed by atoms with Gasteiger partial charge in [-0.25, -0.2) is 13.1 Å². The molecule has 4 nitrogen and oxygen atoms in total. The number of anilines is 1. The minimum Gasteiger partial charge on any atom is -0.398 e. The number of nitrogens with one attached hydrogen (secondary N) is 1. The molecule has 0 saturated heterocycles. The molecule has 0 bridgehead atoms. The van der Waals surface area contributed by atoms with Crippen LogP contribution in [0.5, 0.6) is 0 Å². The third-order valence-corrected chi connectivity index (χ3v) is 4.60. The Morgan fingerprint density at radius 1 is 1.41 bits per heavy atom. The van der Waals surface area contributed by atoms with Gasteiger partial charge in [0.1, 0.15) is 0 Å². The van der Waals surface area contributed by atoms with E-state index in [-0.39, 0.29) is 9.92 Å². The molecule has 1 aromatic rings. The van der Waals surface area contributed by atoms with E-state index in [1.807, 2.05) is 20.8 Å². The fraction of sp³-hybridized carbons (Fsp3) is 0.455. The van der Waals surface area contributed by atoms with Crippen LogP contribution in [-0.4, -0.2) is 14.0 Å². The fourth-order valence-electron chi connectivity index (χ4n) is 1.17. The van der Waals surface area contributed by atoms with Crippen LogP contribution in [-0.2, 0) is 10.0 Å². The molecule has 3 N–H and O–H groups in total. The van der Waals surface area contributed by atoms with Gasteiger partial charge in [0, 0.05) is 5.54 Å². The molecule has 1 aromatic carbocycles. The molecule has 0 atom stereocenters. The Labute approximate surface area is 107 Å². The number of halogens is 1. The third-order valence-electron chi connectivity index (χ3n) is 2.58. The second-order valence-electron chi connectivity index (χ2n) is 4.53. The number of benzene rings is 1. The molecule has 0 saturated carbocycles. The summed E-state index contributed by atoms with van der Waals surface area (Å²) >= 11 is 5.81. The van der Waals surface area contributed by atoms with Gasteiger partial charge in [-0.05, 0) is 38.5 Å². The van der Waals surface area contributed by atoms with E-state index in [2.05, 4.69) is 4.72 Å². The van der Waals surface area contributed by atoms with Crippen molar-refractivity contribution in [3.8, 4) is 0 Å². The largest absolute Gasteiger partial charge is 0.398 e. The molecule has 0 spiro atoms.